The fourth-order valence-electron chi connectivity index (χ4n) is 2.96. The molecule has 1 aliphatic heterocycles. The third-order valence-electron chi connectivity index (χ3n) is 4.52. The topological polar surface area (TPSA) is 82.4 Å². The van der Waals surface area contributed by atoms with Crippen molar-refractivity contribution in [2.24, 2.45) is 0 Å². The molecule has 2 aromatic carbocycles. The van der Waals surface area contributed by atoms with Gasteiger partial charge in [-0.2, -0.15) is 5.10 Å². The maximum atomic E-state index is 13.1. The van der Waals surface area contributed by atoms with Crippen LogP contribution in [0.4, 0.5) is 10.1 Å². The fraction of sp³-hybridized carbons (Fsp3) is 0.190. The van der Waals surface area contributed by atoms with Crippen LogP contribution >= 0.6 is 0 Å². The first kappa shape index (κ1) is 18.7. The zero-order chi connectivity index (χ0) is 20.4. The number of carbonyl (C=O) groups excluding carboxylic acids is 1. The lowest BCUT2D eigenvalue weighted by molar-refractivity contribution is -0.119. The van der Waals surface area contributed by atoms with Crippen molar-refractivity contribution in [2.75, 3.05) is 18.5 Å². The average molecular weight is 395 g/mol. The second-order valence-electron chi connectivity index (χ2n) is 6.53. The van der Waals surface area contributed by atoms with Gasteiger partial charge in [-0.25, -0.2) is 9.07 Å². The summed E-state index contributed by atoms with van der Waals surface area (Å²) in [6.07, 6.45) is 0. The highest BCUT2D eigenvalue weighted by Crippen LogP contribution is 2.32. The molecule has 1 aromatic heterocycles. The van der Waals surface area contributed by atoms with Gasteiger partial charge in [-0.05, 0) is 49.4 Å². The molecule has 1 unspecified atom stereocenters. The highest BCUT2D eigenvalue weighted by Gasteiger charge is 2.20. The predicted octanol–water partition coefficient (Wildman–Crippen LogP) is 3.02. The molecule has 0 aliphatic carbocycles. The van der Waals surface area contributed by atoms with Gasteiger partial charge in [0.1, 0.15) is 25.1 Å². The first-order valence-electron chi connectivity index (χ1n) is 9.07. The number of halogens is 1. The Morgan fingerprint density at radius 1 is 1.07 bits per heavy atom. The number of ether oxygens (including phenoxy) is 2. The van der Waals surface area contributed by atoms with Crippen LogP contribution in [0.15, 0.2) is 59.4 Å². The molecule has 1 N–H and O–H groups in total. The van der Waals surface area contributed by atoms with Crippen LogP contribution in [0.2, 0.25) is 0 Å². The van der Waals surface area contributed by atoms with Crippen LogP contribution in [-0.4, -0.2) is 28.9 Å². The van der Waals surface area contributed by atoms with Gasteiger partial charge in [0, 0.05) is 23.4 Å². The summed E-state index contributed by atoms with van der Waals surface area (Å²) in [5.74, 6) is 0.393. The number of anilines is 1. The summed E-state index contributed by atoms with van der Waals surface area (Å²) in [4.78, 5) is 25.0. The number of amides is 1. The molecule has 3 aromatic rings. The number of fused-ring (bicyclic) bond motifs is 1. The maximum absolute atomic E-state index is 13.1. The summed E-state index contributed by atoms with van der Waals surface area (Å²) in [6, 6.07) is 12.8. The van der Waals surface area contributed by atoms with E-state index in [1.807, 2.05) is 0 Å². The molecule has 4 rings (SSSR count). The van der Waals surface area contributed by atoms with E-state index in [0.717, 1.165) is 4.68 Å². The Morgan fingerprint density at radius 2 is 1.79 bits per heavy atom. The van der Waals surface area contributed by atoms with E-state index in [1.54, 1.807) is 37.3 Å². The van der Waals surface area contributed by atoms with Gasteiger partial charge in [0.15, 0.2) is 11.5 Å². The predicted molar refractivity (Wildman–Crippen MR) is 105 cm³/mol. The Bertz CT molecular complexity index is 1110. The van der Waals surface area contributed by atoms with Gasteiger partial charge in [0.2, 0.25) is 5.91 Å². The normalized spacial score (nSPS) is 13.6. The summed E-state index contributed by atoms with van der Waals surface area (Å²) in [5, 5.41) is 7.04. The lowest BCUT2D eigenvalue weighted by Gasteiger charge is -2.20. The number of hydrogen-bond acceptors (Lipinski definition) is 5. The Morgan fingerprint density at radius 3 is 2.55 bits per heavy atom. The third-order valence-corrected chi connectivity index (χ3v) is 4.52. The molecule has 0 saturated carbocycles. The average Bonchev–Trinajstić information content (AvgIpc) is 2.74. The SMILES string of the molecule is CC(C(=O)Nc1ccc2c(c1)OCCO2)n1nc(-c2ccc(F)cc2)ccc1=O. The highest BCUT2D eigenvalue weighted by molar-refractivity contribution is 5.93. The van der Waals surface area contributed by atoms with Crippen LogP contribution in [-0.2, 0) is 4.79 Å². The van der Waals surface area contributed by atoms with E-state index in [4.69, 9.17) is 9.47 Å². The molecule has 2 heterocycles. The highest BCUT2D eigenvalue weighted by atomic mass is 19.1. The Balaban J connectivity index is 1.56. The van der Waals surface area contributed by atoms with Crippen molar-refractivity contribution in [1.29, 1.82) is 0 Å². The molecule has 29 heavy (non-hydrogen) atoms. The zero-order valence-corrected chi connectivity index (χ0v) is 15.6. The minimum Gasteiger partial charge on any atom is -0.486 e. The van der Waals surface area contributed by atoms with E-state index < -0.39 is 17.5 Å². The molecule has 7 nitrogen and oxygen atoms in total. The molecule has 1 aliphatic rings. The van der Waals surface area contributed by atoms with Gasteiger partial charge in [-0.15, -0.1) is 0 Å². The molecular weight excluding hydrogens is 377 g/mol. The summed E-state index contributed by atoms with van der Waals surface area (Å²) < 4.78 is 25.2. The first-order chi connectivity index (χ1) is 14.0. The number of hydrogen-bond donors (Lipinski definition) is 1. The second kappa shape index (κ2) is 7.75. The van der Waals surface area contributed by atoms with Crippen LogP contribution in [0.25, 0.3) is 11.3 Å². The maximum Gasteiger partial charge on any atom is 0.267 e. The molecule has 0 fully saturated rings. The monoisotopic (exact) mass is 395 g/mol. The minimum atomic E-state index is -0.865. The van der Waals surface area contributed by atoms with E-state index in [2.05, 4.69) is 10.4 Å². The van der Waals surface area contributed by atoms with Crippen molar-refractivity contribution in [3.63, 3.8) is 0 Å². The van der Waals surface area contributed by atoms with Gasteiger partial charge in [0.25, 0.3) is 5.56 Å². The van der Waals surface area contributed by atoms with Crippen molar-refractivity contribution in [3.05, 3.63) is 70.8 Å². The molecule has 0 saturated heterocycles. The quantitative estimate of drug-likeness (QED) is 0.734. The van der Waals surface area contributed by atoms with Crippen LogP contribution in [0.3, 0.4) is 0 Å². The molecule has 148 valence electrons. The molecule has 0 radical (unpaired) electrons. The van der Waals surface area contributed by atoms with E-state index in [1.165, 1.54) is 24.3 Å². The lowest BCUT2D eigenvalue weighted by atomic mass is 10.1. The van der Waals surface area contributed by atoms with Gasteiger partial charge in [0.05, 0.1) is 5.69 Å². The van der Waals surface area contributed by atoms with Crippen molar-refractivity contribution in [2.45, 2.75) is 13.0 Å². The van der Waals surface area contributed by atoms with E-state index in [9.17, 15) is 14.0 Å². The smallest absolute Gasteiger partial charge is 0.267 e. The molecule has 0 spiro atoms. The van der Waals surface area contributed by atoms with Crippen molar-refractivity contribution in [3.8, 4) is 22.8 Å². The second-order valence-corrected chi connectivity index (χ2v) is 6.53. The van der Waals surface area contributed by atoms with E-state index in [-0.39, 0.29) is 5.82 Å². The third kappa shape index (κ3) is 3.96. The lowest BCUT2D eigenvalue weighted by Crippen LogP contribution is -2.33. The minimum absolute atomic E-state index is 0.366. The number of carbonyl (C=O) groups is 1. The molecule has 1 atom stereocenters. The summed E-state index contributed by atoms with van der Waals surface area (Å²) >= 11 is 0. The summed E-state index contributed by atoms with van der Waals surface area (Å²) in [6.45, 7) is 2.50. The zero-order valence-electron chi connectivity index (χ0n) is 15.6. The molecule has 1 amide bonds. The van der Waals surface area contributed by atoms with Gasteiger partial charge in [-0.3, -0.25) is 9.59 Å². The molecular formula is C21H18FN3O4. The number of benzene rings is 2. The Kier molecular flexibility index (Phi) is 4.99. The number of rotatable bonds is 4. The molecule has 8 heteroatoms. The van der Waals surface area contributed by atoms with Crippen molar-refractivity contribution in [1.82, 2.24) is 9.78 Å². The van der Waals surface area contributed by atoms with Gasteiger partial charge < -0.3 is 14.8 Å². The molecule has 0 bridgehead atoms. The van der Waals surface area contributed by atoms with Crippen LogP contribution in [0, 0.1) is 5.82 Å². The van der Waals surface area contributed by atoms with E-state index in [0.29, 0.717) is 41.7 Å². The number of aromatic nitrogens is 2. The standard InChI is InChI=1S/C21H18FN3O4/c1-13(21(27)23-16-6-8-18-19(12-16)29-11-10-28-18)25-20(26)9-7-17(24-25)14-2-4-15(22)5-3-14/h2-9,12-13H,10-11H2,1H3,(H,23,27). The number of nitrogens with one attached hydrogen (secondary N) is 1. The first-order valence-corrected chi connectivity index (χ1v) is 9.07. The van der Waals surface area contributed by atoms with Crippen LogP contribution < -0.4 is 20.3 Å². The van der Waals surface area contributed by atoms with Crippen molar-refractivity contribution < 1.29 is 18.7 Å². The van der Waals surface area contributed by atoms with E-state index >= 15 is 0 Å². The Labute approximate surface area is 165 Å². The number of nitrogens with zero attached hydrogens (tertiary/aromatic N) is 2. The van der Waals surface area contributed by atoms with Gasteiger partial charge in [-0.1, -0.05) is 0 Å². The largest absolute Gasteiger partial charge is 0.486 e. The Hall–Kier alpha value is -3.68. The fourth-order valence-corrected chi connectivity index (χ4v) is 2.96. The van der Waals surface area contributed by atoms with Crippen LogP contribution in [0.1, 0.15) is 13.0 Å². The van der Waals surface area contributed by atoms with Gasteiger partial charge >= 0.3 is 0 Å². The summed E-state index contributed by atoms with van der Waals surface area (Å²) in [5.41, 5.74) is 1.21. The van der Waals surface area contributed by atoms with Crippen LogP contribution in [0.5, 0.6) is 11.5 Å². The van der Waals surface area contributed by atoms with Crippen molar-refractivity contribution >= 4 is 11.6 Å². The summed E-state index contributed by atoms with van der Waals surface area (Å²) in [7, 11) is 0.